The molecule has 1 atom stereocenters. The van der Waals surface area contributed by atoms with Gasteiger partial charge in [0.15, 0.2) is 0 Å². The summed E-state index contributed by atoms with van der Waals surface area (Å²) in [6.07, 6.45) is 2.86. The van der Waals surface area contributed by atoms with Crippen LogP contribution in [0, 0.1) is 5.82 Å². The number of halogens is 1. The van der Waals surface area contributed by atoms with E-state index in [0.29, 0.717) is 16.0 Å². The van der Waals surface area contributed by atoms with Crippen LogP contribution >= 0.6 is 10.8 Å². The van der Waals surface area contributed by atoms with Crippen LogP contribution in [0.15, 0.2) is 47.5 Å². The molecule has 0 aliphatic carbocycles. The molecule has 2 heterocycles. The summed E-state index contributed by atoms with van der Waals surface area (Å²) in [6, 6.07) is 9.27. The second kappa shape index (κ2) is 7.29. The minimum atomic E-state index is -3.48. The van der Waals surface area contributed by atoms with Crippen LogP contribution in [0.25, 0.3) is 22.0 Å². The standard InChI is InChI=1S/C21H26FN3O4S2/c1-21(2,3)25-19(12-24-30(4,26)27)16-9-13(5-8-20(16)31(25,28)29)17-11-23-18-10-14(22)6-7-15(17)18/h5-11,19,23-24,28-29H,12H2,1-4H3. The number of hydrogen-bond donors (Lipinski definition) is 4. The first kappa shape index (κ1) is 22.3. The summed E-state index contributed by atoms with van der Waals surface area (Å²) in [5.74, 6) is -0.337. The van der Waals surface area contributed by atoms with Crippen molar-refractivity contribution in [2.24, 2.45) is 0 Å². The zero-order chi connectivity index (χ0) is 22.8. The predicted octanol–water partition coefficient (Wildman–Crippen LogP) is 4.70. The molecule has 31 heavy (non-hydrogen) atoms. The van der Waals surface area contributed by atoms with Crippen molar-refractivity contribution in [1.29, 1.82) is 0 Å². The maximum Gasteiger partial charge on any atom is 0.208 e. The topological polar surface area (TPSA) is 106 Å². The first-order valence-electron chi connectivity index (χ1n) is 9.72. The van der Waals surface area contributed by atoms with Gasteiger partial charge in [-0.2, -0.15) is 4.31 Å². The van der Waals surface area contributed by atoms with Crippen molar-refractivity contribution in [2.75, 3.05) is 12.8 Å². The fourth-order valence-corrected chi connectivity index (χ4v) is 6.99. The molecule has 1 unspecified atom stereocenters. The van der Waals surface area contributed by atoms with Gasteiger partial charge in [0, 0.05) is 34.7 Å². The molecule has 0 saturated carbocycles. The molecule has 2 aromatic carbocycles. The van der Waals surface area contributed by atoms with Gasteiger partial charge in [-0.1, -0.05) is 6.07 Å². The lowest BCUT2D eigenvalue weighted by Gasteiger charge is -2.47. The minimum absolute atomic E-state index is 0.00151. The molecule has 1 aliphatic heterocycles. The van der Waals surface area contributed by atoms with Crippen molar-refractivity contribution in [2.45, 2.75) is 37.2 Å². The molecule has 3 aromatic rings. The Bertz CT molecular complexity index is 1270. The van der Waals surface area contributed by atoms with Crippen LogP contribution in [-0.4, -0.2) is 45.2 Å². The Hall–Kier alpha value is -1.95. The van der Waals surface area contributed by atoms with Crippen LogP contribution in [0.2, 0.25) is 0 Å². The third kappa shape index (κ3) is 3.99. The average molecular weight is 468 g/mol. The number of H-pyrrole nitrogens is 1. The van der Waals surface area contributed by atoms with Gasteiger partial charge in [-0.3, -0.25) is 9.11 Å². The van der Waals surface area contributed by atoms with Gasteiger partial charge in [0.25, 0.3) is 0 Å². The van der Waals surface area contributed by atoms with Gasteiger partial charge < -0.3 is 4.98 Å². The van der Waals surface area contributed by atoms with Crippen LogP contribution in [0.1, 0.15) is 32.4 Å². The van der Waals surface area contributed by atoms with Gasteiger partial charge in [0.1, 0.15) is 5.82 Å². The molecule has 4 rings (SSSR count). The number of nitrogens with zero attached hydrogens (tertiary/aromatic N) is 1. The number of nitrogens with one attached hydrogen (secondary N) is 2. The predicted molar refractivity (Wildman–Crippen MR) is 122 cm³/mol. The molecular formula is C21H26FN3O4S2. The van der Waals surface area contributed by atoms with Crippen LogP contribution in [0.4, 0.5) is 4.39 Å². The van der Waals surface area contributed by atoms with E-state index in [1.54, 1.807) is 28.7 Å². The number of aromatic amines is 1. The Balaban J connectivity index is 1.86. The summed E-state index contributed by atoms with van der Waals surface area (Å²) in [6.45, 7) is 5.57. The highest BCUT2D eigenvalue weighted by molar-refractivity contribution is 8.22. The van der Waals surface area contributed by atoms with E-state index in [-0.39, 0.29) is 12.4 Å². The molecule has 0 amide bonds. The maximum absolute atomic E-state index is 13.6. The lowest BCUT2D eigenvalue weighted by atomic mass is 9.97. The highest BCUT2D eigenvalue weighted by Gasteiger charge is 2.48. The zero-order valence-electron chi connectivity index (χ0n) is 17.7. The van der Waals surface area contributed by atoms with E-state index in [9.17, 15) is 21.9 Å². The molecule has 1 aliphatic rings. The van der Waals surface area contributed by atoms with Crippen molar-refractivity contribution in [3.8, 4) is 11.1 Å². The monoisotopic (exact) mass is 467 g/mol. The Labute approximate surface area is 182 Å². The third-order valence-electron chi connectivity index (χ3n) is 5.38. The molecule has 0 saturated heterocycles. The second-order valence-electron chi connectivity index (χ2n) is 8.80. The molecule has 0 radical (unpaired) electrons. The fraction of sp³-hybridized carbons (Fsp3) is 0.333. The number of rotatable bonds is 4. The normalized spacial score (nSPS) is 20.2. The first-order chi connectivity index (χ1) is 14.3. The molecule has 10 heteroatoms. The smallest absolute Gasteiger partial charge is 0.208 e. The highest BCUT2D eigenvalue weighted by atomic mass is 32.3. The van der Waals surface area contributed by atoms with E-state index in [0.717, 1.165) is 22.8 Å². The van der Waals surface area contributed by atoms with E-state index in [2.05, 4.69) is 9.71 Å². The minimum Gasteiger partial charge on any atom is -0.360 e. The van der Waals surface area contributed by atoms with Gasteiger partial charge in [0.2, 0.25) is 10.0 Å². The zero-order valence-corrected chi connectivity index (χ0v) is 19.3. The van der Waals surface area contributed by atoms with Gasteiger partial charge in [-0.05, 0) is 62.2 Å². The number of hydrogen-bond acceptors (Lipinski definition) is 5. The van der Waals surface area contributed by atoms with E-state index < -0.39 is 32.4 Å². The molecule has 168 valence electrons. The first-order valence-corrected chi connectivity index (χ1v) is 13.1. The summed E-state index contributed by atoms with van der Waals surface area (Å²) in [5, 5.41) is 0.837. The molecule has 1 aromatic heterocycles. The Kier molecular flexibility index (Phi) is 5.23. The van der Waals surface area contributed by atoms with Gasteiger partial charge in [-0.25, -0.2) is 17.5 Å². The van der Waals surface area contributed by atoms with Crippen LogP contribution in [0.3, 0.4) is 0 Å². The van der Waals surface area contributed by atoms with Crippen LogP contribution in [0.5, 0.6) is 0 Å². The van der Waals surface area contributed by atoms with E-state index in [4.69, 9.17) is 0 Å². The van der Waals surface area contributed by atoms with E-state index in [1.165, 1.54) is 12.1 Å². The molecule has 7 nitrogen and oxygen atoms in total. The largest absolute Gasteiger partial charge is 0.360 e. The number of benzene rings is 2. The second-order valence-corrected chi connectivity index (χ2v) is 12.5. The number of fused-ring (bicyclic) bond motifs is 2. The van der Waals surface area contributed by atoms with E-state index >= 15 is 0 Å². The third-order valence-corrected chi connectivity index (χ3v) is 8.38. The lowest BCUT2D eigenvalue weighted by molar-refractivity contribution is 0.181. The fourth-order valence-electron chi connectivity index (χ4n) is 4.25. The highest BCUT2D eigenvalue weighted by Crippen LogP contribution is 2.66. The van der Waals surface area contributed by atoms with Crippen molar-refractivity contribution < 1.29 is 21.9 Å². The molecular weight excluding hydrogens is 441 g/mol. The number of sulfonamides is 1. The van der Waals surface area contributed by atoms with Crippen molar-refractivity contribution in [3.63, 3.8) is 0 Å². The summed E-state index contributed by atoms with van der Waals surface area (Å²) in [5.41, 5.74) is 2.33. The summed E-state index contributed by atoms with van der Waals surface area (Å²) >= 11 is 0. The van der Waals surface area contributed by atoms with Gasteiger partial charge in [-0.15, -0.1) is 10.8 Å². The quantitative estimate of drug-likeness (QED) is 0.445. The molecule has 0 spiro atoms. The van der Waals surface area contributed by atoms with Crippen molar-refractivity contribution in [1.82, 2.24) is 14.0 Å². The van der Waals surface area contributed by atoms with Crippen molar-refractivity contribution in [3.05, 3.63) is 54.0 Å². The Morgan fingerprint density at radius 2 is 1.90 bits per heavy atom. The maximum atomic E-state index is 13.6. The van der Waals surface area contributed by atoms with Gasteiger partial charge in [0.05, 0.1) is 17.2 Å². The number of aromatic nitrogens is 1. The average Bonchev–Trinajstić information content (AvgIpc) is 3.14. The SMILES string of the molecule is CC(C)(C)N1C(CNS(C)(=O)=O)c2cc(-c3c[nH]c4cc(F)ccc34)ccc2S1(O)O. The lowest BCUT2D eigenvalue weighted by Crippen LogP contribution is -2.45. The van der Waals surface area contributed by atoms with Crippen molar-refractivity contribution >= 4 is 31.7 Å². The van der Waals surface area contributed by atoms with Crippen LogP contribution < -0.4 is 4.72 Å². The summed E-state index contributed by atoms with van der Waals surface area (Å²) in [4.78, 5) is 3.45. The summed E-state index contributed by atoms with van der Waals surface area (Å²) in [7, 11) is -6.79. The van der Waals surface area contributed by atoms with E-state index in [1.807, 2.05) is 26.8 Å². The Morgan fingerprint density at radius 1 is 1.19 bits per heavy atom. The van der Waals surface area contributed by atoms with Crippen LogP contribution in [-0.2, 0) is 10.0 Å². The summed E-state index contributed by atoms with van der Waals surface area (Å²) < 4.78 is 63.4. The molecule has 0 bridgehead atoms. The molecule has 0 fully saturated rings. The Morgan fingerprint density at radius 3 is 2.55 bits per heavy atom. The van der Waals surface area contributed by atoms with Gasteiger partial charge >= 0.3 is 0 Å². The molecule has 4 N–H and O–H groups in total.